The second-order valence-electron chi connectivity index (χ2n) is 11.0. The summed E-state index contributed by atoms with van der Waals surface area (Å²) < 4.78 is 2.41. The van der Waals surface area contributed by atoms with Gasteiger partial charge in [0, 0.05) is 45.3 Å². The van der Waals surface area contributed by atoms with Gasteiger partial charge in [0.2, 0.25) is 0 Å². The van der Waals surface area contributed by atoms with Crippen molar-refractivity contribution in [2.75, 3.05) is 0 Å². The van der Waals surface area contributed by atoms with Gasteiger partial charge in [0.15, 0.2) is 5.82 Å². The van der Waals surface area contributed by atoms with Crippen LogP contribution in [0.5, 0.6) is 0 Å². The van der Waals surface area contributed by atoms with Gasteiger partial charge in [0.25, 0.3) is 0 Å². The van der Waals surface area contributed by atoms with E-state index in [1.54, 1.807) is 0 Å². The van der Waals surface area contributed by atoms with E-state index in [-0.39, 0.29) is 5.41 Å². The van der Waals surface area contributed by atoms with E-state index < -0.39 is 0 Å². The maximum atomic E-state index is 5.15. The van der Waals surface area contributed by atoms with Crippen LogP contribution < -0.4 is 0 Å². The maximum Gasteiger partial charge on any atom is 0.160 e. The van der Waals surface area contributed by atoms with E-state index in [9.17, 15) is 0 Å². The molecular formula is C36H26N4. The molecule has 4 nitrogen and oxygen atoms in total. The van der Waals surface area contributed by atoms with Crippen molar-refractivity contribution in [1.29, 1.82) is 0 Å². The Morgan fingerprint density at radius 3 is 1.95 bits per heavy atom. The summed E-state index contributed by atoms with van der Waals surface area (Å²) in [6, 6.07) is 38.2. The van der Waals surface area contributed by atoms with E-state index >= 15 is 0 Å². The molecule has 40 heavy (non-hydrogen) atoms. The molecule has 4 heteroatoms. The fourth-order valence-corrected chi connectivity index (χ4v) is 6.28. The Morgan fingerprint density at radius 2 is 1.25 bits per heavy atom. The lowest BCUT2D eigenvalue weighted by molar-refractivity contribution is 0.630. The molecule has 1 aliphatic heterocycles. The summed E-state index contributed by atoms with van der Waals surface area (Å²) in [5.41, 5.74) is 11.0. The number of fused-ring (bicyclic) bond motifs is 5. The summed E-state index contributed by atoms with van der Waals surface area (Å²) in [6.45, 7) is 4.64. The predicted octanol–water partition coefficient (Wildman–Crippen LogP) is 8.61. The highest BCUT2D eigenvalue weighted by atomic mass is 15.0. The van der Waals surface area contributed by atoms with Crippen molar-refractivity contribution in [2.24, 2.45) is 0 Å². The summed E-state index contributed by atoms with van der Waals surface area (Å²) >= 11 is 0. The zero-order valence-electron chi connectivity index (χ0n) is 22.3. The Bertz CT molecular complexity index is 2010. The van der Waals surface area contributed by atoms with Gasteiger partial charge in [-0.1, -0.05) is 92.7 Å². The lowest BCUT2D eigenvalue weighted by Gasteiger charge is -2.35. The van der Waals surface area contributed by atoms with Crippen LogP contribution >= 0.6 is 0 Å². The van der Waals surface area contributed by atoms with Crippen molar-refractivity contribution in [3.8, 4) is 39.6 Å². The van der Waals surface area contributed by atoms with Crippen LogP contribution in [0.2, 0.25) is 0 Å². The Kier molecular flexibility index (Phi) is 4.83. The molecule has 0 unspecified atom stereocenters. The second kappa shape index (κ2) is 8.45. The predicted molar refractivity (Wildman–Crippen MR) is 163 cm³/mol. The van der Waals surface area contributed by atoms with Crippen molar-refractivity contribution >= 4 is 21.8 Å². The van der Waals surface area contributed by atoms with Gasteiger partial charge in [0.05, 0.1) is 28.1 Å². The van der Waals surface area contributed by atoms with Gasteiger partial charge in [-0.2, -0.15) is 0 Å². The molecule has 0 fully saturated rings. The Labute approximate surface area is 232 Å². The number of hydrogen-bond acceptors (Lipinski definition) is 3. The summed E-state index contributed by atoms with van der Waals surface area (Å²) in [7, 11) is 0. The van der Waals surface area contributed by atoms with Crippen LogP contribution in [0.3, 0.4) is 0 Å². The molecule has 4 heterocycles. The molecule has 4 aromatic carbocycles. The highest BCUT2D eigenvalue weighted by Crippen LogP contribution is 2.48. The molecule has 0 saturated carbocycles. The van der Waals surface area contributed by atoms with E-state index in [0.29, 0.717) is 0 Å². The third-order valence-corrected chi connectivity index (χ3v) is 8.28. The number of para-hydroxylation sites is 1. The number of benzene rings is 4. The van der Waals surface area contributed by atoms with Crippen LogP contribution in [-0.2, 0) is 5.41 Å². The highest BCUT2D eigenvalue weighted by molar-refractivity contribution is 6.12. The van der Waals surface area contributed by atoms with Crippen molar-refractivity contribution in [1.82, 2.24) is 19.5 Å². The van der Waals surface area contributed by atoms with E-state index in [2.05, 4.69) is 120 Å². The quantitative estimate of drug-likeness (QED) is 0.237. The fraction of sp³-hybridized carbons (Fsp3) is 0.0833. The average molecular weight is 515 g/mol. The van der Waals surface area contributed by atoms with Crippen LogP contribution in [-0.4, -0.2) is 19.5 Å². The topological polar surface area (TPSA) is 43.6 Å². The van der Waals surface area contributed by atoms with Gasteiger partial charge in [-0.05, 0) is 41.5 Å². The number of aromatic nitrogens is 4. The molecule has 1 aliphatic rings. The minimum Gasteiger partial charge on any atom is -0.309 e. The van der Waals surface area contributed by atoms with Crippen molar-refractivity contribution in [3.63, 3.8) is 0 Å². The Morgan fingerprint density at radius 1 is 0.600 bits per heavy atom. The third kappa shape index (κ3) is 3.29. The van der Waals surface area contributed by atoms with Gasteiger partial charge < -0.3 is 4.57 Å². The van der Waals surface area contributed by atoms with Crippen molar-refractivity contribution in [3.05, 3.63) is 133 Å². The van der Waals surface area contributed by atoms with Crippen molar-refractivity contribution in [2.45, 2.75) is 19.3 Å². The molecule has 0 amide bonds. The Balaban J connectivity index is 1.46. The minimum atomic E-state index is -0.206. The van der Waals surface area contributed by atoms with Gasteiger partial charge in [-0.25, -0.2) is 9.97 Å². The molecule has 0 spiro atoms. The highest BCUT2D eigenvalue weighted by Gasteiger charge is 2.35. The summed E-state index contributed by atoms with van der Waals surface area (Å²) in [4.78, 5) is 14.8. The number of pyridine rings is 1. The molecule has 0 saturated heterocycles. The minimum absolute atomic E-state index is 0.206. The van der Waals surface area contributed by atoms with Gasteiger partial charge in [-0.15, -0.1) is 0 Å². The van der Waals surface area contributed by atoms with Gasteiger partial charge in [-0.3, -0.25) is 4.98 Å². The monoisotopic (exact) mass is 514 g/mol. The van der Waals surface area contributed by atoms with Crippen LogP contribution in [0, 0.1) is 0 Å². The molecule has 0 radical (unpaired) electrons. The lowest BCUT2D eigenvalue weighted by Crippen LogP contribution is -2.26. The smallest absolute Gasteiger partial charge is 0.160 e. The van der Waals surface area contributed by atoms with Crippen molar-refractivity contribution < 1.29 is 0 Å². The average Bonchev–Trinajstić information content (AvgIpc) is 3.35. The number of rotatable bonds is 3. The fourth-order valence-electron chi connectivity index (χ4n) is 6.28. The molecule has 0 aliphatic carbocycles. The van der Waals surface area contributed by atoms with E-state index in [0.717, 1.165) is 44.8 Å². The molecule has 3 aromatic heterocycles. The molecule has 190 valence electrons. The number of nitrogens with zero attached hydrogens (tertiary/aromatic N) is 4. The lowest BCUT2D eigenvalue weighted by atomic mass is 9.74. The SMILES string of the molecule is CC1(C)c2ccccc2-n2c3ccncc3c3cc(-c4nc(-c5ccccc5)cc(-c5ccccc5)n4)cc1c32. The number of hydrogen-bond donors (Lipinski definition) is 0. The first-order valence-electron chi connectivity index (χ1n) is 13.6. The molecule has 0 atom stereocenters. The molecular weight excluding hydrogens is 488 g/mol. The van der Waals surface area contributed by atoms with E-state index in [4.69, 9.17) is 9.97 Å². The van der Waals surface area contributed by atoms with E-state index in [1.165, 1.54) is 27.7 Å². The van der Waals surface area contributed by atoms with Gasteiger partial charge >= 0.3 is 0 Å². The maximum absolute atomic E-state index is 5.15. The normalized spacial score (nSPS) is 13.4. The molecule has 8 rings (SSSR count). The van der Waals surface area contributed by atoms with Crippen LogP contribution in [0.1, 0.15) is 25.0 Å². The Hall–Kier alpha value is -5.09. The first kappa shape index (κ1) is 22.9. The molecule has 7 aromatic rings. The summed E-state index contributed by atoms with van der Waals surface area (Å²) in [6.07, 6.45) is 3.87. The molecule has 0 bridgehead atoms. The zero-order valence-corrected chi connectivity index (χ0v) is 22.3. The van der Waals surface area contributed by atoms with E-state index in [1.807, 2.05) is 24.5 Å². The standard InChI is InChI=1S/C36H26N4/c1-36(2)28-15-9-10-16-33(28)40-32-17-18-37-22-27(32)26-19-25(20-29(36)34(26)40)35-38-30(23-11-5-3-6-12-23)21-31(39-35)24-13-7-4-8-14-24/h3-22H,1-2H3. The molecule has 0 N–H and O–H groups in total. The first-order chi connectivity index (χ1) is 19.6. The third-order valence-electron chi connectivity index (χ3n) is 8.28. The van der Waals surface area contributed by atoms with Crippen LogP contribution in [0.25, 0.3) is 61.4 Å². The van der Waals surface area contributed by atoms with Gasteiger partial charge in [0.1, 0.15) is 0 Å². The summed E-state index contributed by atoms with van der Waals surface area (Å²) in [5, 5.41) is 2.31. The summed E-state index contributed by atoms with van der Waals surface area (Å²) in [5.74, 6) is 0.720. The van der Waals surface area contributed by atoms with Crippen LogP contribution in [0.4, 0.5) is 0 Å². The zero-order chi connectivity index (χ0) is 26.8. The first-order valence-corrected chi connectivity index (χ1v) is 13.6. The largest absolute Gasteiger partial charge is 0.309 e. The van der Waals surface area contributed by atoms with Crippen LogP contribution in [0.15, 0.2) is 122 Å². The second-order valence-corrected chi connectivity index (χ2v) is 11.0.